The average molecular weight is 547 g/mol. The highest BCUT2D eigenvalue weighted by Gasteiger charge is 2.38. The maximum absolute atomic E-state index is 12.9. The number of alkyl halides is 3. The molecule has 0 aliphatic heterocycles. The predicted octanol–water partition coefficient (Wildman–Crippen LogP) is 5.04. The van der Waals surface area contributed by atoms with Gasteiger partial charge in [0, 0.05) is 23.7 Å². The van der Waals surface area contributed by atoms with Crippen molar-refractivity contribution in [3.05, 3.63) is 64.7 Å². The number of thiazole rings is 1. The van der Waals surface area contributed by atoms with Crippen molar-refractivity contribution in [2.75, 3.05) is 6.54 Å². The molecule has 3 aromatic rings. The van der Waals surface area contributed by atoms with Crippen LogP contribution in [0.3, 0.4) is 0 Å². The van der Waals surface area contributed by atoms with Gasteiger partial charge in [-0.25, -0.2) is 4.98 Å². The molecule has 0 radical (unpaired) electrons. The van der Waals surface area contributed by atoms with Crippen LogP contribution in [0.2, 0.25) is 0 Å². The van der Waals surface area contributed by atoms with E-state index in [9.17, 15) is 27.9 Å². The number of aliphatic hydroxyl groups is 1. The van der Waals surface area contributed by atoms with Crippen LogP contribution in [0, 0.1) is 11.3 Å². The summed E-state index contributed by atoms with van der Waals surface area (Å²) in [6.45, 7) is 1.35. The summed E-state index contributed by atoms with van der Waals surface area (Å²) in [6.07, 6.45) is -1.97. The summed E-state index contributed by atoms with van der Waals surface area (Å²) < 4.78 is 39.6. The molecule has 2 amide bonds. The molecule has 0 saturated heterocycles. The van der Waals surface area contributed by atoms with E-state index >= 15 is 0 Å². The van der Waals surface area contributed by atoms with Gasteiger partial charge in [0.25, 0.3) is 5.91 Å². The van der Waals surface area contributed by atoms with Crippen LogP contribution in [0.1, 0.15) is 60.0 Å². The molecule has 7 nitrogen and oxygen atoms in total. The number of benzene rings is 2. The van der Waals surface area contributed by atoms with E-state index < -0.39 is 35.7 Å². The van der Waals surface area contributed by atoms with Crippen LogP contribution in [0.4, 0.5) is 13.2 Å². The minimum atomic E-state index is -4.57. The molecule has 1 saturated carbocycles. The molecule has 1 atom stereocenters. The highest BCUT2D eigenvalue weighted by atomic mass is 32.1. The first-order valence-electron chi connectivity index (χ1n) is 12.4. The standard InChI is InChI=1S/C27H29F3N4O3S/c1-16(33-23(35)15-32-24(36)18-5-4-6-19(14-18)27(28,29)30)13-20(31)17-9-11-26(37,12-10-17)25-34-21-7-2-3-8-22(21)38-25/h2-8,14,16-17,31,37H,9-13,15H2,1H3,(H,32,36)(H,33,35)/t16-,17?,26?/m1/s1. The van der Waals surface area contributed by atoms with Gasteiger partial charge in [0.15, 0.2) is 0 Å². The molecule has 11 heteroatoms. The quantitative estimate of drug-likeness (QED) is 0.297. The Balaban J connectivity index is 1.22. The van der Waals surface area contributed by atoms with Crippen molar-refractivity contribution in [1.82, 2.24) is 15.6 Å². The van der Waals surface area contributed by atoms with Crippen molar-refractivity contribution >= 4 is 39.1 Å². The van der Waals surface area contributed by atoms with Gasteiger partial charge in [-0.15, -0.1) is 11.3 Å². The van der Waals surface area contributed by atoms with Gasteiger partial charge in [-0.05, 0) is 68.9 Å². The highest BCUT2D eigenvalue weighted by Crippen LogP contribution is 2.42. The van der Waals surface area contributed by atoms with Crippen LogP contribution in [0.25, 0.3) is 10.2 Å². The van der Waals surface area contributed by atoms with E-state index in [-0.39, 0.29) is 17.5 Å². The molecule has 0 unspecified atom stereocenters. The molecule has 0 spiro atoms. The minimum Gasteiger partial charge on any atom is -0.383 e. The second-order valence-corrected chi connectivity index (χ2v) is 10.8. The maximum atomic E-state index is 12.9. The summed E-state index contributed by atoms with van der Waals surface area (Å²) in [6, 6.07) is 11.4. The molecular weight excluding hydrogens is 517 g/mol. The molecule has 2 aromatic carbocycles. The monoisotopic (exact) mass is 546 g/mol. The molecule has 1 aliphatic carbocycles. The van der Waals surface area contributed by atoms with E-state index in [0.717, 1.165) is 28.4 Å². The molecule has 38 heavy (non-hydrogen) atoms. The first-order chi connectivity index (χ1) is 17.9. The lowest BCUT2D eigenvalue weighted by Gasteiger charge is -2.35. The van der Waals surface area contributed by atoms with Crippen molar-refractivity contribution in [1.29, 1.82) is 5.41 Å². The zero-order valence-corrected chi connectivity index (χ0v) is 21.6. The van der Waals surface area contributed by atoms with E-state index in [1.165, 1.54) is 17.4 Å². The van der Waals surface area contributed by atoms with E-state index in [1.54, 1.807) is 6.92 Å². The van der Waals surface area contributed by atoms with Crippen LogP contribution in [-0.4, -0.2) is 40.2 Å². The number of hydrogen-bond donors (Lipinski definition) is 4. The summed E-state index contributed by atoms with van der Waals surface area (Å²) in [7, 11) is 0. The lowest BCUT2D eigenvalue weighted by molar-refractivity contribution is -0.137. The fourth-order valence-corrected chi connectivity index (χ4v) is 5.81. The number of amides is 2. The Bertz CT molecular complexity index is 1300. The number of nitrogens with zero attached hydrogens (tertiary/aromatic N) is 1. The lowest BCUT2D eigenvalue weighted by Crippen LogP contribution is -2.42. The van der Waals surface area contributed by atoms with Gasteiger partial charge in [0.05, 0.1) is 22.3 Å². The third-order valence-corrected chi connectivity index (χ3v) is 8.02. The molecule has 1 heterocycles. The predicted molar refractivity (Wildman–Crippen MR) is 139 cm³/mol. The number of nitrogens with one attached hydrogen (secondary N) is 3. The number of para-hydroxylation sites is 1. The fourth-order valence-electron chi connectivity index (χ4n) is 4.70. The zero-order valence-electron chi connectivity index (χ0n) is 20.8. The van der Waals surface area contributed by atoms with E-state index in [4.69, 9.17) is 5.41 Å². The Kier molecular flexibility index (Phi) is 8.17. The Morgan fingerprint density at radius 1 is 1.18 bits per heavy atom. The maximum Gasteiger partial charge on any atom is 0.416 e. The molecule has 1 fully saturated rings. The van der Waals surface area contributed by atoms with E-state index in [0.29, 0.717) is 42.8 Å². The van der Waals surface area contributed by atoms with Gasteiger partial charge >= 0.3 is 6.18 Å². The molecule has 4 rings (SSSR count). The van der Waals surface area contributed by atoms with Crippen molar-refractivity contribution < 1.29 is 27.9 Å². The largest absolute Gasteiger partial charge is 0.416 e. The number of hydrogen-bond acceptors (Lipinski definition) is 6. The SMILES string of the molecule is C[C@H](CC(=N)C1CCC(O)(c2nc3ccccc3s2)CC1)NC(=O)CNC(=O)c1cccc(C(F)(F)F)c1. The van der Waals surface area contributed by atoms with E-state index in [2.05, 4.69) is 15.6 Å². The number of halogens is 3. The lowest BCUT2D eigenvalue weighted by atomic mass is 9.76. The number of carbonyl (C=O) groups is 2. The van der Waals surface area contributed by atoms with Gasteiger partial charge in [0.2, 0.25) is 5.91 Å². The number of rotatable bonds is 8. The molecule has 0 bridgehead atoms. The number of aromatic nitrogens is 1. The van der Waals surface area contributed by atoms with Gasteiger partial charge in [0.1, 0.15) is 10.6 Å². The normalized spacial score (nSPS) is 20.6. The van der Waals surface area contributed by atoms with Crippen LogP contribution in [0.5, 0.6) is 0 Å². The molecule has 1 aliphatic rings. The van der Waals surface area contributed by atoms with Crippen LogP contribution < -0.4 is 10.6 Å². The Hall–Kier alpha value is -3.31. The number of fused-ring (bicyclic) bond motifs is 1. The first-order valence-corrected chi connectivity index (χ1v) is 13.2. The second kappa shape index (κ2) is 11.2. The molecule has 202 valence electrons. The van der Waals surface area contributed by atoms with Crippen LogP contribution >= 0.6 is 11.3 Å². The highest BCUT2D eigenvalue weighted by molar-refractivity contribution is 7.18. The van der Waals surface area contributed by atoms with Crippen molar-refractivity contribution in [2.24, 2.45) is 5.92 Å². The van der Waals surface area contributed by atoms with E-state index in [1.807, 2.05) is 24.3 Å². The van der Waals surface area contributed by atoms with Gasteiger partial charge in [-0.3, -0.25) is 9.59 Å². The van der Waals surface area contributed by atoms with Gasteiger partial charge < -0.3 is 21.1 Å². The Morgan fingerprint density at radius 3 is 2.58 bits per heavy atom. The summed E-state index contributed by atoms with van der Waals surface area (Å²) in [5.41, 5.74) is -0.782. The van der Waals surface area contributed by atoms with Crippen molar-refractivity contribution in [2.45, 2.75) is 56.8 Å². The molecule has 1 aromatic heterocycles. The van der Waals surface area contributed by atoms with Crippen LogP contribution in [0.15, 0.2) is 48.5 Å². The second-order valence-electron chi connectivity index (χ2n) is 9.75. The summed E-state index contributed by atoms with van der Waals surface area (Å²) in [5.74, 6) is -1.29. The third kappa shape index (κ3) is 6.57. The molecular formula is C27H29F3N4O3S. The fraction of sp³-hybridized carbons (Fsp3) is 0.407. The van der Waals surface area contributed by atoms with Crippen LogP contribution in [-0.2, 0) is 16.6 Å². The van der Waals surface area contributed by atoms with Gasteiger partial charge in [-0.2, -0.15) is 13.2 Å². The first kappa shape index (κ1) is 27.7. The third-order valence-electron chi connectivity index (χ3n) is 6.79. The summed E-state index contributed by atoms with van der Waals surface area (Å²) in [5, 5.41) is 25.5. The Morgan fingerprint density at radius 2 is 1.89 bits per heavy atom. The average Bonchev–Trinajstić information content (AvgIpc) is 3.32. The zero-order chi connectivity index (χ0) is 27.5. The molecule has 4 N–H and O–H groups in total. The Labute approximate surface area is 222 Å². The summed E-state index contributed by atoms with van der Waals surface area (Å²) in [4.78, 5) is 29.1. The van der Waals surface area contributed by atoms with Crippen molar-refractivity contribution in [3.8, 4) is 0 Å². The number of carbonyl (C=O) groups excluding carboxylic acids is 2. The summed E-state index contributed by atoms with van der Waals surface area (Å²) >= 11 is 1.49. The smallest absolute Gasteiger partial charge is 0.383 e. The topological polar surface area (TPSA) is 115 Å². The van der Waals surface area contributed by atoms with Crippen molar-refractivity contribution in [3.63, 3.8) is 0 Å². The minimum absolute atomic E-state index is 0.00961. The van der Waals surface area contributed by atoms with Gasteiger partial charge in [-0.1, -0.05) is 18.2 Å².